The molecule has 1 saturated heterocycles. The molecular formula is C11H18N2. The van der Waals surface area contributed by atoms with Gasteiger partial charge in [-0.05, 0) is 31.3 Å². The average Bonchev–Trinajstić information content (AvgIpc) is 2.63. The second-order valence-corrected chi connectivity index (χ2v) is 4.15. The zero-order chi connectivity index (χ0) is 9.42. The van der Waals surface area contributed by atoms with Gasteiger partial charge in [-0.25, -0.2) is 0 Å². The highest BCUT2D eigenvalue weighted by atomic mass is 15.1. The number of hydrogen-bond donors (Lipinski definition) is 1. The van der Waals surface area contributed by atoms with Crippen molar-refractivity contribution in [1.82, 2.24) is 5.32 Å². The van der Waals surface area contributed by atoms with Crippen molar-refractivity contribution >= 4 is 5.71 Å². The standard InChI is InChI=1S/C11H18N2/c1-4-5-9(12-3)10-6-8-7(2)11(8)13-10/h4-5,7-8,10-11,13H,6H2,1-3H3. The molecule has 0 spiro atoms. The molecular weight excluding hydrogens is 160 g/mol. The maximum absolute atomic E-state index is 4.31. The van der Waals surface area contributed by atoms with Crippen LogP contribution in [0.25, 0.3) is 0 Å². The lowest BCUT2D eigenvalue weighted by molar-refractivity contribution is 0.586. The minimum Gasteiger partial charge on any atom is -0.305 e. The topological polar surface area (TPSA) is 24.4 Å². The number of aliphatic imine (C=N–C) groups is 1. The summed E-state index contributed by atoms with van der Waals surface area (Å²) in [6, 6.07) is 1.31. The van der Waals surface area contributed by atoms with E-state index in [-0.39, 0.29) is 0 Å². The van der Waals surface area contributed by atoms with Gasteiger partial charge < -0.3 is 5.32 Å². The second-order valence-electron chi connectivity index (χ2n) is 4.15. The second kappa shape index (κ2) is 3.26. The molecule has 2 fully saturated rings. The van der Waals surface area contributed by atoms with Gasteiger partial charge in [-0.15, -0.1) is 0 Å². The highest BCUT2D eigenvalue weighted by Crippen LogP contribution is 2.47. The van der Waals surface area contributed by atoms with Crippen molar-refractivity contribution in [3.05, 3.63) is 12.2 Å². The molecule has 1 saturated carbocycles. The van der Waals surface area contributed by atoms with E-state index in [0.29, 0.717) is 6.04 Å². The van der Waals surface area contributed by atoms with Crippen molar-refractivity contribution in [2.75, 3.05) is 7.05 Å². The van der Waals surface area contributed by atoms with Gasteiger partial charge in [0.15, 0.2) is 0 Å². The van der Waals surface area contributed by atoms with E-state index < -0.39 is 0 Å². The molecule has 1 heterocycles. The molecule has 0 radical (unpaired) electrons. The Bertz CT molecular complexity index is 243. The molecule has 2 heteroatoms. The molecule has 2 aliphatic rings. The summed E-state index contributed by atoms with van der Waals surface area (Å²) >= 11 is 0. The van der Waals surface area contributed by atoms with Crippen LogP contribution < -0.4 is 5.32 Å². The Kier molecular flexibility index (Phi) is 2.24. The summed E-state index contributed by atoms with van der Waals surface area (Å²) < 4.78 is 0. The number of piperidine rings is 1. The molecule has 13 heavy (non-hydrogen) atoms. The van der Waals surface area contributed by atoms with Gasteiger partial charge >= 0.3 is 0 Å². The van der Waals surface area contributed by atoms with Crippen LogP contribution in [0.15, 0.2) is 17.1 Å². The van der Waals surface area contributed by atoms with E-state index in [9.17, 15) is 0 Å². The van der Waals surface area contributed by atoms with Gasteiger partial charge in [-0.2, -0.15) is 0 Å². The van der Waals surface area contributed by atoms with Crippen LogP contribution in [0.1, 0.15) is 20.3 Å². The fourth-order valence-electron chi connectivity index (χ4n) is 2.48. The van der Waals surface area contributed by atoms with Crippen molar-refractivity contribution < 1.29 is 0 Å². The summed E-state index contributed by atoms with van der Waals surface area (Å²) in [5.74, 6) is 1.83. The molecule has 0 bridgehead atoms. The first-order chi connectivity index (χ1) is 6.27. The molecule has 2 rings (SSSR count). The largest absolute Gasteiger partial charge is 0.305 e. The van der Waals surface area contributed by atoms with Crippen LogP contribution in [-0.4, -0.2) is 24.8 Å². The first kappa shape index (κ1) is 8.95. The van der Waals surface area contributed by atoms with Crippen LogP contribution in [0.4, 0.5) is 0 Å². The summed E-state index contributed by atoms with van der Waals surface area (Å²) in [6.45, 7) is 4.38. The minimum atomic E-state index is 0.521. The number of allylic oxidation sites excluding steroid dienone is 1. The van der Waals surface area contributed by atoms with Crippen LogP contribution in [0, 0.1) is 11.8 Å². The third kappa shape index (κ3) is 1.44. The average molecular weight is 178 g/mol. The third-order valence-corrected chi connectivity index (χ3v) is 3.42. The first-order valence-corrected chi connectivity index (χ1v) is 5.13. The third-order valence-electron chi connectivity index (χ3n) is 3.42. The molecule has 1 N–H and O–H groups in total. The number of hydrogen-bond acceptors (Lipinski definition) is 2. The van der Waals surface area contributed by atoms with Gasteiger partial charge in [0.05, 0.1) is 5.71 Å². The summed E-state index contributed by atoms with van der Waals surface area (Å²) in [7, 11) is 1.88. The van der Waals surface area contributed by atoms with Gasteiger partial charge in [0.2, 0.25) is 0 Å². The van der Waals surface area contributed by atoms with Gasteiger partial charge in [0, 0.05) is 19.1 Å². The summed E-state index contributed by atoms with van der Waals surface area (Å²) in [6.07, 6.45) is 5.47. The Morgan fingerprint density at radius 3 is 2.77 bits per heavy atom. The number of nitrogens with zero attached hydrogens (tertiary/aromatic N) is 1. The molecule has 0 aromatic carbocycles. The molecule has 4 unspecified atom stereocenters. The summed E-state index contributed by atoms with van der Waals surface area (Å²) in [5, 5.41) is 3.63. The molecule has 2 nitrogen and oxygen atoms in total. The van der Waals surface area contributed by atoms with Crippen molar-refractivity contribution in [2.24, 2.45) is 16.8 Å². The minimum absolute atomic E-state index is 0.521. The lowest BCUT2D eigenvalue weighted by Crippen LogP contribution is -2.34. The van der Waals surface area contributed by atoms with Gasteiger partial charge in [-0.3, -0.25) is 4.99 Å². The van der Waals surface area contributed by atoms with E-state index >= 15 is 0 Å². The van der Waals surface area contributed by atoms with Crippen LogP contribution in [0.3, 0.4) is 0 Å². The van der Waals surface area contributed by atoms with Gasteiger partial charge in [0.25, 0.3) is 0 Å². The normalized spacial score (nSPS) is 44.1. The lowest BCUT2D eigenvalue weighted by atomic mass is 10.1. The van der Waals surface area contributed by atoms with Crippen molar-refractivity contribution in [3.8, 4) is 0 Å². The summed E-state index contributed by atoms with van der Waals surface area (Å²) in [4.78, 5) is 4.31. The molecule has 0 aromatic rings. The monoisotopic (exact) mass is 178 g/mol. The predicted molar refractivity (Wildman–Crippen MR) is 56.2 cm³/mol. The van der Waals surface area contributed by atoms with E-state index in [2.05, 4.69) is 29.4 Å². The van der Waals surface area contributed by atoms with E-state index in [1.54, 1.807) is 0 Å². The van der Waals surface area contributed by atoms with Crippen LogP contribution in [-0.2, 0) is 0 Å². The number of rotatable bonds is 2. The SMILES string of the molecule is CC=CC(=NC)C1CC2C(C)C2N1. The smallest absolute Gasteiger partial charge is 0.0511 e. The van der Waals surface area contributed by atoms with E-state index in [1.807, 2.05) is 14.0 Å². The summed E-state index contributed by atoms with van der Waals surface area (Å²) in [5.41, 5.74) is 1.21. The van der Waals surface area contributed by atoms with Crippen molar-refractivity contribution in [1.29, 1.82) is 0 Å². The van der Waals surface area contributed by atoms with Crippen LogP contribution in [0.2, 0.25) is 0 Å². The van der Waals surface area contributed by atoms with E-state index in [1.165, 1.54) is 12.1 Å². The first-order valence-electron chi connectivity index (χ1n) is 5.13. The van der Waals surface area contributed by atoms with Gasteiger partial charge in [0.1, 0.15) is 0 Å². The Hall–Kier alpha value is -0.630. The molecule has 0 aromatic heterocycles. The zero-order valence-corrected chi connectivity index (χ0v) is 8.62. The van der Waals surface area contributed by atoms with Crippen LogP contribution in [0.5, 0.6) is 0 Å². The van der Waals surface area contributed by atoms with Crippen molar-refractivity contribution in [3.63, 3.8) is 0 Å². The zero-order valence-electron chi connectivity index (χ0n) is 8.62. The van der Waals surface area contributed by atoms with Crippen LogP contribution >= 0.6 is 0 Å². The fourth-order valence-corrected chi connectivity index (χ4v) is 2.48. The molecule has 4 atom stereocenters. The maximum atomic E-state index is 4.31. The maximum Gasteiger partial charge on any atom is 0.0511 e. The lowest BCUT2D eigenvalue weighted by Gasteiger charge is -2.14. The Morgan fingerprint density at radius 1 is 1.54 bits per heavy atom. The molecule has 1 aliphatic heterocycles. The Morgan fingerprint density at radius 2 is 2.31 bits per heavy atom. The Labute approximate surface area is 80.1 Å². The number of fused-ring (bicyclic) bond motifs is 1. The van der Waals surface area contributed by atoms with Gasteiger partial charge in [-0.1, -0.05) is 13.0 Å². The van der Waals surface area contributed by atoms with E-state index in [4.69, 9.17) is 0 Å². The molecule has 72 valence electrons. The molecule has 1 aliphatic carbocycles. The van der Waals surface area contributed by atoms with E-state index in [0.717, 1.165) is 17.9 Å². The highest BCUT2D eigenvalue weighted by Gasteiger charge is 2.53. The number of nitrogens with one attached hydrogen (secondary N) is 1. The fraction of sp³-hybridized carbons (Fsp3) is 0.727. The van der Waals surface area contributed by atoms with Crippen molar-refractivity contribution in [2.45, 2.75) is 32.4 Å². The highest BCUT2D eigenvalue weighted by molar-refractivity contribution is 5.99. The predicted octanol–water partition coefficient (Wildman–Crippen LogP) is 1.63. The molecule has 0 amide bonds. The Balaban J connectivity index is 1.97. The quantitative estimate of drug-likeness (QED) is 0.639.